The highest BCUT2D eigenvalue weighted by atomic mass is 32.2. The molecule has 3 aromatic carbocycles. The van der Waals surface area contributed by atoms with Crippen LogP contribution in [0, 0.1) is 5.82 Å². The molecule has 4 aromatic rings. The number of hydrogen-bond acceptors (Lipinski definition) is 7. The third kappa shape index (κ3) is 4.10. The molecule has 0 unspecified atom stereocenters. The fourth-order valence-electron chi connectivity index (χ4n) is 3.70. The number of ether oxygens (including phenoxy) is 2. The molecule has 0 spiro atoms. The van der Waals surface area contributed by atoms with Gasteiger partial charge in [-0.25, -0.2) is 12.8 Å². The molecule has 34 heavy (non-hydrogen) atoms. The molecule has 1 aliphatic heterocycles. The summed E-state index contributed by atoms with van der Waals surface area (Å²) in [5, 5.41) is -0.305. The van der Waals surface area contributed by atoms with Gasteiger partial charge in [0, 0.05) is 19.7 Å². The van der Waals surface area contributed by atoms with Gasteiger partial charge in [-0.05, 0) is 29.8 Å². The molecule has 0 fully saturated rings. The number of rotatable bonds is 6. The Labute approximate surface area is 196 Å². The normalized spacial score (nSPS) is 13.0. The van der Waals surface area contributed by atoms with Crippen molar-refractivity contribution in [3.63, 3.8) is 0 Å². The first-order valence-electron chi connectivity index (χ1n) is 10.6. The lowest BCUT2D eigenvalue weighted by atomic mass is 10.2. The van der Waals surface area contributed by atoms with E-state index in [4.69, 9.17) is 13.9 Å². The zero-order valence-electron chi connectivity index (χ0n) is 18.3. The second-order valence-corrected chi connectivity index (χ2v) is 9.62. The van der Waals surface area contributed by atoms with E-state index in [1.807, 2.05) is 30.3 Å². The highest BCUT2D eigenvalue weighted by molar-refractivity contribution is 7.91. The van der Waals surface area contributed by atoms with Crippen molar-refractivity contribution >= 4 is 15.7 Å². The van der Waals surface area contributed by atoms with Gasteiger partial charge in [0.15, 0.2) is 11.5 Å². The molecule has 0 radical (unpaired) electrons. The Morgan fingerprint density at radius 2 is 1.65 bits per heavy atom. The molecule has 0 bridgehead atoms. The third-order valence-electron chi connectivity index (χ3n) is 5.37. The van der Waals surface area contributed by atoms with Crippen LogP contribution in [0.4, 0.5) is 10.3 Å². The molecule has 0 saturated carbocycles. The predicted molar refractivity (Wildman–Crippen MR) is 123 cm³/mol. The molecule has 0 N–H and O–H groups in total. The van der Waals surface area contributed by atoms with Crippen LogP contribution in [0.5, 0.6) is 11.5 Å². The molecule has 0 saturated heterocycles. The van der Waals surface area contributed by atoms with E-state index in [0.29, 0.717) is 31.3 Å². The number of sulfone groups is 1. The quantitative estimate of drug-likeness (QED) is 0.395. The lowest BCUT2D eigenvalue weighted by molar-refractivity contribution is 0.171. The highest BCUT2D eigenvalue weighted by Crippen LogP contribution is 2.38. The maximum Gasteiger partial charge on any atom is 0.236 e. The van der Waals surface area contributed by atoms with Gasteiger partial charge in [0.25, 0.3) is 0 Å². The molecule has 1 aromatic heterocycles. The minimum Gasteiger partial charge on any atom is -0.486 e. The van der Waals surface area contributed by atoms with Gasteiger partial charge in [-0.1, -0.05) is 42.5 Å². The van der Waals surface area contributed by atoms with Crippen molar-refractivity contribution in [2.45, 2.75) is 16.5 Å². The summed E-state index contributed by atoms with van der Waals surface area (Å²) in [7, 11) is -2.45. The third-order valence-corrected chi connectivity index (χ3v) is 7.02. The summed E-state index contributed by atoms with van der Waals surface area (Å²) in [5.74, 6) is 0.133. The summed E-state index contributed by atoms with van der Waals surface area (Å²) in [5.41, 5.74) is 1.01. The Bertz CT molecular complexity index is 1440. The summed E-state index contributed by atoms with van der Waals surface area (Å²) in [6, 6.07) is 19.8. The molecule has 0 aliphatic carbocycles. The summed E-state index contributed by atoms with van der Waals surface area (Å²) in [6.07, 6.45) is 0. The monoisotopic (exact) mass is 480 g/mol. The Balaban J connectivity index is 1.61. The number of fused-ring (bicyclic) bond motifs is 1. The minimum atomic E-state index is -4.14. The van der Waals surface area contributed by atoms with E-state index >= 15 is 0 Å². The number of nitrogens with zero attached hydrogens (tertiary/aromatic N) is 2. The lowest BCUT2D eigenvalue weighted by Crippen LogP contribution is -2.19. The molecule has 0 atom stereocenters. The van der Waals surface area contributed by atoms with Crippen molar-refractivity contribution < 1.29 is 26.7 Å². The van der Waals surface area contributed by atoms with Gasteiger partial charge in [-0.15, -0.1) is 0 Å². The van der Waals surface area contributed by atoms with Gasteiger partial charge in [0.05, 0.1) is 10.5 Å². The van der Waals surface area contributed by atoms with Crippen LogP contribution in [-0.2, 0) is 16.4 Å². The second-order valence-electron chi connectivity index (χ2n) is 7.76. The fourth-order valence-corrected chi connectivity index (χ4v) is 5.06. The van der Waals surface area contributed by atoms with Crippen LogP contribution in [-0.4, -0.2) is 33.7 Å². The summed E-state index contributed by atoms with van der Waals surface area (Å²) in [6.45, 7) is 1.07. The average molecular weight is 481 g/mol. The average Bonchev–Trinajstić information content (AvgIpc) is 3.31. The van der Waals surface area contributed by atoms with Gasteiger partial charge in [-0.2, -0.15) is 4.98 Å². The van der Waals surface area contributed by atoms with Crippen LogP contribution >= 0.6 is 0 Å². The Morgan fingerprint density at radius 1 is 0.941 bits per heavy atom. The largest absolute Gasteiger partial charge is 0.486 e. The van der Waals surface area contributed by atoms with E-state index in [-0.39, 0.29) is 27.3 Å². The van der Waals surface area contributed by atoms with E-state index in [2.05, 4.69) is 4.98 Å². The van der Waals surface area contributed by atoms with Crippen LogP contribution < -0.4 is 14.4 Å². The predicted octanol–water partition coefficient (Wildman–Crippen LogP) is 4.72. The van der Waals surface area contributed by atoms with E-state index in [0.717, 1.165) is 5.56 Å². The zero-order chi connectivity index (χ0) is 23.7. The first kappa shape index (κ1) is 22.0. The van der Waals surface area contributed by atoms with Crippen molar-refractivity contribution in [3.05, 3.63) is 84.2 Å². The fraction of sp³-hybridized carbons (Fsp3) is 0.160. The van der Waals surface area contributed by atoms with E-state index in [1.165, 1.54) is 30.3 Å². The highest BCUT2D eigenvalue weighted by Gasteiger charge is 2.32. The van der Waals surface area contributed by atoms with Crippen LogP contribution in [0.15, 0.2) is 87.1 Å². The minimum absolute atomic E-state index is 0.0111. The van der Waals surface area contributed by atoms with Crippen molar-refractivity contribution in [2.24, 2.45) is 0 Å². The first-order valence-corrected chi connectivity index (χ1v) is 12.1. The van der Waals surface area contributed by atoms with Crippen LogP contribution in [0.1, 0.15) is 5.56 Å². The Kier molecular flexibility index (Phi) is 5.70. The van der Waals surface area contributed by atoms with Crippen LogP contribution in [0.25, 0.3) is 11.5 Å². The number of hydrogen-bond donors (Lipinski definition) is 0. The Morgan fingerprint density at radius 3 is 2.41 bits per heavy atom. The lowest BCUT2D eigenvalue weighted by Gasteiger charge is -2.19. The molecule has 7 nitrogen and oxygen atoms in total. The molecular weight excluding hydrogens is 459 g/mol. The summed E-state index contributed by atoms with van der Waals surface area (Å²) >= 11 is 0. The van der Waals surface area contributed by atoms with E-state index in [9.17, 15) is 12.8 Å². The molecule has 174 valence electrons. The van der Waals surface area contributed by atoms with Crippen LogP contribution in [0.3, 0.4) is 0 Å². The second kappa shape index (κ2) is 8.83. The number of oxazole rings is 1. The topological polar surface area (TPSA) is 81.9 Å². The van der Waals surface area contributed by atoms with E-state index < -0.39 is 15.7 Å². The Hall–Kier alpha value is -3.85. The molecular formula is C25H21FN2O5S. The van der Waals surface area contributed by atoms with E-state index in [1.54, 1.807) is 24.1 Å². The van der Waals surface area contributed by atoms with Crippen LogP contribution in [0.2, 0.25) is 0 Å². The maximum absolute atomic E-state index is 14.5. The standard InChI is InChI=1S/C25H21FN2O5S/c1-28(16-17-7-3-2-4-8-17)25-24(27-23(33-25)19-9-5-6-10-20(19)26)34(29,30)18-11-12-21-22(15-18)32-14-13-31-21/h2-12,15H,13-14,16H2,1H3. The van der Waals surface area contributed by atoms with Crippen molar-refractivity contribution in [2.75, 3.05) is 25.2 Å². The first-order chi connectivity index (χ1) is 16.4. The van der Waals surface area contributed by atoms with Gasteiger partial charge in [0.2, 0.25) is 26.6 Å². The maximum atomic E-state index is 14.5. The molecule has 5 rings (SSSR count). The van der Waals surface area contributed by atoms with Gasteiger partial charge >= 0.3 is 0 Å². The van der Waals surface area contributed by atoms with Gasteiger partial charge in [0.1, 0.15) is 19.0 Å². The van der Waals surface area contributed by atoms with Crippen molar-refractivity contribution in [1.82, 2.24) is 4.98 Å². The molecule has 2 heterocycles. The molecule has 1 aliphatic rings. The van der Waals surface area contributed by atoms with Crippen molar-refractivity contribution in [1.29, 1.82) is 0 Å². The van der Waals surface area contributed by atoms with Crippen molar-refractivity contribution in [3.8, 4) is 23.0 Å². The smallest absolute Gasteiger partial charge is 0.236 e. The number of halogens is 1. The SMILES string of the molecule is CN(Cc1ccccc1)c1oc(-c2ccccc2F)nc1S(=O)(=O)c1ccc2c(c1)OCCO2. The van der Waals surface area contributed by atoms with Gasteiger partial charge < -0.3 is 18.8 Å². The molecule has 9 heteroatoms. The zero-order valence-corrected chi connectivity index (χ0v) is 19.1. The number of anilines is 1. The van der Waals surface area contributed by atoms with Gasteiger partial charge in [-0.3, -0.25) is 0 Å². The molecule has 0 amide bonds. The number of benzene rings is 3. The summed E-state index contributed by atoms with van der Waals surface area (Å²) < 4.78 is 58.8. The number of aromatic nitrogens is 1. The summed E-state index contributed by atoms with van der Waals surface area (Å²) in [4.78, 5) is 5.86.